The van der Waals surface area contributed by atoms with Crippen LogP contribution in [0.4, 0.5) is 8.78 Å². The Morgan fingerprint density at radius 3 is 2.35 bits per heavy atom. The Morgan fingerprint density at radius 2 is 1.69 bits per heavy atom. The van der Waals surface area contributed by atoms with Crippen molar-refractivity contribution in [3.63, 3.8) is 0 Å². The largest absolute Gasteiger partial charge is 0.382 e. The number of halogens is 2. The van der Waals surface area contributed by atoms with E-state index in [1.807, 2.05) is 42.5 Å². The molecule has 1 aromatic heterocycles. The van der Waals surface area contributed by atoms with Gasteiger partial charge in [-0.1, -0.05) is 60.7 Å². The summed E-state index contributed by atoms with van der Waals surface area (Å²) in [7, 11) is 0. The number of pyridine rings is 1. The molecule has 0 unspecified atom stereocenters. The Hall–Kier alpha value is -3.08. The van der Waals surface area contributed by atoms with E-state index in [1.165, 1.54) is 12.1 Å². The average molecular weight is 351 g/mol. The summed E-state index contributed by atoms with van der Waals surface area (Å²) in [4.78, 5) is 8.75. The first-order valence-corrected chi connectivity index (χ1v) is 8.23. The Morgan fingerprint density at radius 1 is 1.00 bits per heavy atom. The molecule has 0 radical (unpaired) electrons. The number of nitrogens with two attached hydrogens (primary N) is 1. The van der Waals surface area contributed by atoms with E-state index in [0.717, 1.165) is 23.6 Å². The molecule has 2 aromatic carbocycles. The first kappa shape index (κ1) is 17.7. The summed E-state index contributed by atoms with van der Waals surface area (Å²) < 4.78 is 26.5. The van der Waals surface area contributed by atoms with Crippen LogP contribution in [0.15, 0.2) is 77.9 Å². The van der Waals surface area contributed by atoms with Crippen molar-refractivity contribution in [1.29, 1.82) is 0 Å². The molecule has 26 heavy (non-hydrogen) atoms. The van der Waals surface area contributed by atoms with Crippen LogP contribution < -0.4 is 5.73 Å². The lowest BCUT2D eigenvalue weighted by Crippen LogP contribution is -2.16. The van der Waals surface area contributed by atoms with Crippen molar-refractivity contribution in [3.05, 3.63) is 89.7 Å². The highest BCUT2D eigenvalue weighted by Crippen LogP contribution is 2.27. The van der Waals surface area contributed by atoms with Crippen molar-refractivity contribution >= 4 is 5.84 Å². The molecule has 5 heteroatoms. The van der Waals surface area contributed by atoms with Gasteiger partial charge in [0.15, 0.2) is 0 Å². The molecule has 0 amide bonds. The summed E-state index contributed by atoms with van der Waals surface area (Å²) in [6, 6.07) is 19.7. The SMILES string of the molecule is CC(F)(F)c1ccc(CN=C(N)c2ncccc2-c2ccccc2)cc1. The number of rotatable bonds is 5. The van der Waals surface area contributed by atoms with Crippen molar-refractivity contribution < 1.29 is 8.78 Å². The van der Waals surface area contributed by atoms with Gasteiger partial charge in [-0.2, -0.15) is 0 Å². The molecule has 0 bridgehead atoms. The van der Waals surface area contributed by atoms with Crippen LogP contribution in [0.3, 0.4) is 0 Å². The number of aromatic nitrogens is 1. The lowest BCUT2D eigenvalue weighted by Gasteiger charge is -2.11. The van der Waals surface area contributed by atoms with Gasteiger partial charge in [-0.3, -0.25) is 9.98 Å². The summed E-state index contributed by atoms with van der Waals surface area (Å²) in [6.45, 7) is 1.18. The Kier molecular flexibility index (Phi) is 5.07. The lowest BCUT2D eigenvalue weighted by molar-refractivity contribution is 0.0174. The minimum atomic E-state index is -2.85. The molecule has 2 N–H and O–H groups in total. The molecule has 132 valence electrons. The van der Waals surface area contributed by atoms with E-state index in [4.69, 9.17) is 5.73 Å². The molecule has 0 fully saturated rings. The van der Waals surface area contributed by atoms with E-state index in [0.29, 0.717) is 18.1 Å². The van der Waals surface area contributed by atoms with Crippen LogP contribution in [-0.4, -0.2) is 10.8 Å². The first-order chi connectivity index (χ1) is 12.4. The monoisotopic (exact) mass is 351 g/mol. The van der Waals surface area contributed by atoms with E-state index >= 15 is 0 Å². The summed E-state index contributed by atoms with van der Waals surface area (Å²) in [5, 5.41) is 0. The zero-order valence-corrected chi connectivity index (χ0v) is 14.4. The molecule has 0 aliphatic rings. The maximum absolute atomic E-state index is 13.3. The number of hydrogen-bond acceptors (Lipinski definition) is 2. The van der Waals surface area contributed by atoms with E-state index in [-0.39, 0.29) is 5.56 Å². The number of amidine groups is 1. The van der Waals surface area contributed by atoms with Gasteiger partial charge in [0.1, 0.15) is 11.5 Å². The molecule has 3 nitrogen and oxygen atoms in total. The zero-order valence-electron chi connectivity index (χ0n) is 14.4. The van der Waals surface area contributed by atoms with Gasteiger partial charge < -0.3 is 5.73 Å². The van der Waals surface area contributed by atoms with Crippen molar-refractivity contribution in [1.82, 2.24) is 4.98 Å². The van der Waals surface area contributed by atoms with Gasteiger partial charge in [-0.05, 0) is 17.2 Å². The van der Waals surface area contributed by atoms with Gasteiger partial charge in [0.05, 0.1) is 6.54 Å². The zero-order chi connectivity index (χ0) is 18.6. The average Bonchev–Trinajstić information content (AvgIpc) is 2.66. The molecule has 0 saturated carbocycles. The van der Waals surface area contributed by atoms with E-state index < -0.39 is 5.92 Å². The van der Waals surface area contributed by atoms with Crippen LogP contribution in [0.25, 0.3) is 11.1 Å². The third-order valence-electron chi connectivity index (χ3n) is 4.03. The third kappa shape index (κ3) is 4.11. The number of nitrogens with zero attached hydrogens (tertiary/aromatic N) is 2. The van der Waals surface area contributed by atoms with Gasteiger partial charge in [0.25, 0.3) is 5.92 Å². The fraction of sp³-hybridized carbons (Fsp3) is 0.143. The van der Waals surface area contributed by atoms with Crippen LogP contribution >= 0.6 is 0 Å². The topological polar surface area (TPSA) is 51.3 Å². The van der Waals surface area contributed by atoms with Gasteiger partial charge in [0.2, 0.25) is 0 Å². The molecule has 3 aromatic rings. The van der Waals surface area contributed by atoms with E-state index in [1.54, 1.807) is 18.3 Å². The summed E-state index contributed by atoms with van der Waals surface area (Å²) in [5.74, 6) is -2.53. The molecular formula is C21H19F2N3. The summed E-state index contributed by atoms with van der Waals surface area (Å²) >= 11 is 0. The maximum atomic E-state index is 13.3. The molecule has 0 saturated heterocycles. The molecule has 0 aliphatic heterocycles. The molecule has 3 rings (SSSR count). The number of aliphatic imine (C=N–C) groups is 1. The number of hydrogen-bond donors (Lipinski definition) is 1. The number of alkyl halides is 2. The number of benzene rings is 2. The van der Waals surface area contributed by atoms with E-state index in [2.05, 4.69) is 9.98 Å². The van der Waals surface area contributed by atoms with E-state index in [9.17, 15) is 8.78 Å². The summed E-state index contributed by atoms with van der Waals surface area (Å²) in [5.41, 5.74) is 9.44. The van der Waals surface area contributed by atoms with Crippen LogP contribution in [0, 0.1) is 0 Å². The molecular weight excluding hydrogens is 332 g/mol. The second-order valence-electron chi connectivity index (χ2n) is 6.05. The van der Waals surface area contributed by atoms with Crippen LogP contribution in [-0.2, 0) is 12.5 Å². The highest BCUT2D eigenvalue weighted by molar-refractivity contribution is 6.01. The van der Waals surface area contributed by atoms with Crippen molar-refractivity contribution in [2.24, 2.45) is 10.7 Å². The van der Waals surface area contributed by atoms with Crippen LogP contribution in [0.5, 0.6) is 0 Å². The van der Waals surface area contributed by atoms with Crippen molar-refractivity contribution in [2.45, 2.75) is 19.4 Å². The Bertz CT molecular complexity index is 899. The first-order valence-electron chi connectivity index (χ1n) is 8.23. The predicted molar refractivity (Wildman–Crippen MR) is 100 cm³/mol. The Balaban J connectivity index is 1.83. The molecule has 0 aliphatic carbocycles. The van der Waals surface area contributed by atoms with Gasteiger partial charge in [-0.25, -0.2) is 8.78 Å². The smallest absolute Gasteiger partial charge is 0.270 e. The lowest BCUT2D eigenvalue weighted by atomic mass is 10.0. The quantitative estimate of drug-likeness (QED) is 0.532. The molecule has 0 spiro atoms. The molecule has 0 atom stereocenters. The minimum absolute atomic E-state index is 0.0192. The van der Waals surface area contributed by atoms with Crippen molar-refractivity contribution in [3.8, 4) is 11.1 Å². The standard InChI is InChI=1S/C21H19F2N3/c1-21(22,23)17-11-9-15(10-12-17)14-26-20(24)19-18(8-5-13-25-19)16-6-3-2-4-7-16/h2-13H,14H2,1H3,(H2,24,26). The summed E-state index contributed by atoms with van der Waals surface area (Å²) in [6.07, 6.45) is 1.67. The van der Waals surface area contributed by atoms with Gasteiger partial charge in [0, 0.05) is 24.2 Å². The van der Waals surface area contributed by atoms with Crippen LogP contribution in [0.1, 0.15) is 23.7 Å². The van der Waals surface area contributed by atoms with Gasteiger partial charge >= 0.3 is 0 Å². The normalized spacial score (nSPS) is 12.2. The molecule has 1 heterocycles. The maximum Gasteiger partial charge on any atom is 0.270 e. The highest BCUT2D eigenvalue weighted by Gasteiger charge is 2.23. The third-order valence-corrected chi connectivity index (χ3v) is 4.03. The van der Waals surface area contributed by atoms with Crippen molar-refractivity contribution in [2.75, 3.05) is 0 Å². The van der Waals surface area contributed by atoms with Crippen LogP contribution in [0.2, 0.25) is 0 Å². The highest BCUT2D eigenvalue weighted by atomic mass is 19.3. The second-order valence-corrected chi connectivity index (χ2v) is 6.05. The second kappa shape index (κ2) is 7.44. The minimum Gasteiger partial charge on any atom is -0.382 e. The fourth-order valence-electron chi connectivity index (χ4n) is 2.61. The fourth-order valence-corrected chi connectivity index (χ4v) is 2.61. The van der Waals surface area contributed by atoms with Gasteiger partial charge in [-0.15, -0.1) is 0 Å². The Labute approximate surface area is 151 Å². The predicted octanol–water partition coefficient (Wildman–Crippen LogP) is 4.77.